The first kappa shape index (κ1) is 21.2. The monoisotopic (exact) mass is 405 g/mol. The lowest BCUT2D eigenvalue weighted by molar-refractivity contribution is -0.384. The highest BCUT2D eigenvalue weighted by Crippen LogP contribution is 2.23. The number of nitrogens with zero attached hydrogens (tertiary/aromatic N) is 1. The first-order valence-electron chi connectivity index (χ1n) is 8.42. The molecule has 8 nitrogen and oxygen atoms in total. The number of anilines is 1. The van der Waals surface area contributed by atoms with Gasteiger partial charge < -0.3 is 15.4 Å². The van der Waals surface area contributed by atoms with Crippen molar-refractivity contribution in [2.24, 2.45) is 5.92 Å². The SMILES string of the molecule is COc1ccc(NC(=O)C(NC(=O)c2ccc([N+](=O)[O-])cc2Cl)C(C)C)cc1. The number of carbonyl (C=O) groups excluding carboxylic acids is 2. The minimum absolute atomic E-state index is 0.0511. The molecule has 2 aromatic rings. The Morgan fingerprint density at radius 2 is 1.79 bits per heavy atom. The van der Waals surface area contributed by atoms with Crippen LogP contribution in [-0.2, 0) is 4.79 Å². The van der Waals surface area contributed by atoms with Crippen LogP contribution in [-0.4, -0.2) is 29.9 Å². The molecule has 9 heteroatoms. The predicted octanol–water partition coefficient (Wildman–Crippen LogP) is 3.65. The number of halogens is 1. The quantitative estimate of drug-likeness (QED) is 0.539. The van der Waals surface area contributed by atoms with Gasteiger partial charge in [0.2, 0.25) is 5.91 Å². The van der Waals surface area contributed by atoms with Crippen molar-refractivity contribution < 1.29 is 19.2 Å². The molecule has 2 rings (SSSR count). The number of methoxy groups -OCH3 is 1. The van der Waals surface area contributed by atoms with Crippen molar-refractivity contribution in [3.8, 4) is 5.75 Å². The molecule has 0 bridgehead atoms. The molecule has 2 aromatic carbocycles. The fourth-order valence-corrected chi connectivity index (χ4v) is 2.71. The Morgan fingerprint density at radius 1 is 1.14 bits per heavy atom. The zero-order valence-electron chi connectivity index (χ0n) is 15.6. The summed E-state index contributed by atoms with van der Waals surface area (Å²) in [5.74, 6) is -0.548. The van der Waals surface area contributed by atoms with E-state index in [-0.39, 0.29) is 22.2 Å². The Hall–Kier alpha value is -3.13. The number of carbonyl (C=O) groups is 2. The summed E-state index contributed by atoms with van der Waals surface area (Å²) in [6.07, 6.45) is 0. The summed E-state index contributed by atoms with van der Waals surface area (Å²) in [5, 5.41) is 16.1. The highest BCUT2D eigenvalue weighted by atomic mass is 35.5. The predicted molar refractivity (Wildman–Crippen MR) is 106 cm³/mol. The molecule has 2 amide bonds. The Kier molecular flexibility index (Phi) is 6.94. The number of benzene rings is 2. The second-order valence-electron chi connectivity index (χ2n) is 6.33. The summed E-state index contributed by atoms with van der Waals surface area (Å²) in [6, 6.07) is 9.48. The minimum atomic E-state index is -0.833. The van der Waals surface area contributed by atoms with Gasteiger partial charge in [-0.2, -0.15) is 0 Å². The third-order valence-electron chi connectivity index (χ3n) is 4.00. The normalized spacial score (nSPS) is 11.6. The van der Waals surface area contributed by atoms with Crippen molar-refractivity contribution in [2.75, 3.05) is 12.4 Å². The molecule has 0 spiro atoms. The Labute approximate surface area is 167 Å². The second-order valence-corrected chi connectivity index (χ2v) is 6.74. The van der Waals surface area contributed by atoms with E-state index in [0.717, 1.165) is 6.07 Å². The maximum atomic E-state index is 12.6. The molecule has 1 unspecified atom stereocenters. The van der Waals surface area contributed by atoms with Gasteiger partial charge in [0.05, 0.1) is 22.6 Å². The molecule has 1 atom stereocenters. The van der Waals surface area contributed by atoms with Crippen LogP contribution in [0.2, 0.25) is 5.02 Å². The third-order valence-corrected chi connectivity index (χ3v) is 4.31. The molecule has 0 saturated carbocycles. The fraction of sp³-hybridized carbons (Fsp3) is 0.263. The third kappa shape index (κ3) is 5.20. The number of hydrogen-bond donors (Lipinski definition) is 2. The molecule has 0 radical (unpaired) electrons. The van der Waals surface area contributed by atoms with Crippen LogP contribution in [0.25, 0.3) is 0 Å². The average molecular weight is 406 g/mol. The van der Waals surface area contributed by atoms with Gasteiger partial charge in [0.15, 0.2) is 0 Å². The van der Waals surface area contributed by atoms with E-state index in [1.165, 1.54) is 12.1 Å². The molecular weight excluding hydrogens is 386 g/mol. The number of amides is 2. The van der Waals surface area contributed by atoms with Crippen molar-refractivity contribution in [2.45, 2.75) is 19.9 Å². The number of rotatable bonds is 7. The van der Waals surface area contributed by atoms with E-state index in [4.69, 9.17) is 16.3 Å². The first-order valence-corrected chi connectivity index (χ1v) is 8.80. The number of nitrogens with one attached hydrogen (secondary N) is 2. The maximum Gasteiger partial charge on any atom is 0.270 e. The summed E-state index contributed by atoms with van der Waals surface area (Å²) in [5.41, 5.74) is 0.383. The molecule has 0 heterocycles. The number of ether oxygens (including phenoxy) is 1. The van der Waals surface area contributed by atoms with Crippen LogP contribution >= 0.6 is 11.6 Å². The van der Waals surface area contributed by atoms with Crippen molar-refractivity contribution in [1.29, 1.82) is 0 Å². The van der Waals surface area contributed by atoms with Crippen LogP contribution in [0, 0.1) is 16.0 Å². The van der Waals surface area contributed by atoms with E-state index < -0.39 is 22.8 Å². The van der Waals surface area contributed by atoms with Gasteiger partial charge in [0.1, 0.15) is 11.8 Å². The van der Waals surface area contributed by atoms with Crippen molar-refractivity contribution in [1.82, 2.24) is 5.32 Å². The molecule has 28 heavy (non-hydrogen) atoms. The Balaban J connectivity index is 2.13. The Bertz CT molecular complexity index is 884. The summed E-state index contributed by atoms with van der Waals surface area (Å²) in [4.78, 5) is 35.4. The lowest BCUT2D eigenvalue weighted by atomic mass is 10.0. The number of non-ortho nitro benzene ring substituents is 1. The Morgan fingerprint density at radius 3 is 2.29 bits per heavy atom. The summed E-state index contributed by atoms with van der Waals surface area (Å²) in [7, 11) is 1.54. The van der Waals surface area contributed by atoms with Crippen molar-refractivity contribution in [3.05, 3.63) is 63.2 Å². The van der Waals surface area contributed by atoms with E-state index in [9.17, 15) is 19.7 Å². The van der Waals surface area contributed by atoms with Gasteiger partial charge in [0, 0.05) is 17.8 Å². The van der Waals surface area contributed by atoms with Crippen LogP contribution in [0.4, 0.5) is 11.4 Å². The fourth-order valence-electron chi connectivity index (χ4n) is 2.45. The molecular formula is C19H20ClN3O5. The van der Waals surface area contributed by atoms with Gasteiger partial charge in [-0.3, -0.25) is 19.7 Å². The lowest BCUT2D eigenvalue weighted by Gasteiger charge is -2.22. The smallest absolute Gasteiger partial charge is 0.270 e. The average Bonchev–Trinajstić information content (AvgIpc) is 2.65. The van der Waals surface area contributed by atoms with E-state index in [1.807, 2.05) is 0 Å². The van der Waals surface area contributed by atoms with Gasteiger partial charge >= 0.3 is 0 Å². The van der Waals surface area contributed by atoms with Gasteiger partial charge in [0.25, 0.3) is 11.6 Å². The molecule has 148 valence electrons. The zero-order chi connectivity index (χ0) is 20.8. The van der Waals surface area contributed by atoms with E-state index in [1.54, 1.807) is 45.2 Å². The molecule has 0 aromatic heterocycles. The van der Waals surface area contributed by atoms with E-state index >= 15 is 0 Å². The van der Waals surface area contributed by atoms with Gasteiger partial charge in [-0.15, -0.1) is 0 Å². The number of hydrogen-bond acceptors (Lipinski definition) is 5. The largest absolute Gasteiger partial charge is 0.497 e. The molecule has 2 N–H and O–H groups in total. The first-order chi connectivity index (χ1) is 13.2. The van der Waals surface area contributed by atoms with E-state index in [0.29, 0.717) is 11.4 Å². The van der Waals surface area contributed by atoms with Gasteiger partial charge in [-0.25, -0.2) is 0 Å². The topological polar surface area (TPSA) is 111 Å². The van der Waals surface area contributed by atoms with E-state index in [2.05, 4.69) is 10.6 Å². The van der Waals surface area contributed by atoms with Gasteiger partial charge in [-0.05, 0) is 36.2 Å². The molecule has 0 saturated heterocycles. The van der Waals surface area contributed by atoms with Crippen LogP contribution in [0.5, 0.6) is 5.75 Å². The lowest BCUT2D eigenvalue weighted by Crippen LogP contribution is -2.47. The van der Waals surface area contributed by atoms with Crippen LogP contribution in [0.1, 0.15) is 24.2 Å². The van der Waals surface area contributed by atoms with Crippen LogP contribution in [0.15, 0.2) is 42.5 Å². The van der Waals surface area contributed by atoms with Crippen LogP contribution in [0.3, 0.4) is 0 Å². The number of nitro groups is 1. The molecule has 0 aliphatic carbocycles. The summed E-state index contributed by atoms with van der Waals surface area (Å²) < 4.78 is 5.07. The zero-order valence-corrected chi connectivity index (χ0v) is 16.3. The molecule has 0 fully saturated rings. The summed E-state index contributed by atoms with van der Waals surface area (Å²) in [6.45, 7) is 3.58. The minimum Gasteiger partial charge on any atom is -0.497 e. The van der Waals surface area contributed by atoms with Crippen LogP contribution < -0.4 is 15.4 Å². The summed E-state index contributed by atoms with van der Waals surface area (Å²) >= 11 is 5.99. The maximum absolute atomic E-state index is 12.6. The highest BCUT2D eigenvalue weighted by molar-refractivity contribution is 6.34. The van der Waals surface area contributed by atoms with Crippen molar-refractivity contribution >= 4 is 34.8 Å². The molecule has 0 aliphatic heterocycles. The molecule has 0 aliphatic rings. The second kappa shape index (κ2) is 9.18. The highest BCUT2D eigenvalue weighted by Gasteiger charge is 2.26. The van der Waals surface area contributed by atoms with Gasteiger partial charge in [-0.1, -0.05) is 25.4 Å². The standard InChI is InChI=1S/C19H20ClN3O5/c1-11(2)17(19(25)21-12-4-7-14(28-3)8-5-12)22-18(24)15-9-6-13(23(26)27)10-16(15)20/h4-11,17H,1-3H3,(H,21,25)(H,22,24). The van der Waals surface area contributed by atoms with Crippen molar-refractivity contribution in [3.63, 3.8) is 0 Å². The number of nitro benzene ring substituents is 1.